The van der Waals surface area contributed by atoms with Crippen molar-refractivity contribution in [1.29, 1.82) is 0 Å². The van der Waals surface area contributed by atoms with Crippen LogP contribution in [0.5, 0.6) is 0 Å². The maximum Gasteiger partial charge on any atom is 0.302 e. The minimum atomic E-state index is -0.187. The van der Waals surface area contributed by atoms with Gasteiger partial charge in [-0.2, -0.15) is 0 Å². The second kappa shape index (κ2) is 9.53. The third-order valence-electron chi connectivity index (χ3n) is 11.1. The Kier molecular flexibility index (Phi) is 7.23. The molecule has 0 radical (unpaired) electrons. The van der Waals surface area contributed by atoms with Gasteiger partial charge in [-0.15, -0.1) is 0 Å². The fourth-order valence-corrected chi connectivity index (χ4v) is 9.51. The fourth-order valence-electron chi connectivity index (χ4n) is 9.51. The van der Waals surface area contributed by atoms with Crippen molar-refractivity contribution in [3.63, 3.8) is 0 Å². The van der Waals surface area contributed by atoms with E-state index >= 15 is 0 Å². The summed E-state index contributed by atoms with van der Waals surface area (Å²) in [5.41, 5.74) is 1.61. The number of nitrogens with zero attached hydrogens (tertiary/aromatic N) is 1. The van der Waals surface area contributed by atoms with Crippen LogP contribution in [0.3, 0.4) is 0 Å². The van der Waals surface area contributed by atoms with Crippen LogP contribution in [-0.4, -0.2) is 23.0 Å². The molecule has 4 saturated carbocycles. The molecule has 0 unspecified atom stereocenters. The van der Waals surface area contributed by atoms with Gasteiger partial charge in [0.15, 0.2) is 0 Å². The van der Waals surface area contributed by atoms with Gasteiger partial charge < -0.3 is 9.94 Å². The molecule has 0 aromatic carbocycles. The van der Waals surface area contributed by atoms with Gasteiger partial charge in [0.25, 0.3) is 0 Å². The van der Waals surface area contributed by atoms with Crippen molar-refractivity contribution in [2.75, 3.05) is 0 Å². The quantitative estimate of drug-likeness (QED) is 0.254. The molecule has 1 N–H and O–H groups in total. The Morgan fingerprint density at radius 3 is 2.42 bits per heavy atom. The molecule has 9 atom stereocenters. The Morgan fingerprint density at radius 1 is 1.06 bits per heavy atom. The summed E-state index contributed by atoms with van der Waals surface area (Å²) in [6.07, 6.45) is 13.3. The van der Waals surface area contributed by atoms with Crippen LogP contribution in [0, 0.1) is 52.3 Å². The molecule has 4 fully saturated rings. The molecule has 0 aromatic rings. The van der Waals surface area contributed by atoms with Gasteiger partial charge in [-0.05, 0) is 97.7 Å². The zero-order valence-corrected chi connectivity index (χ0v) is 22.1. The van der Waals surface area contributed by atoms with Crippen molar-refractivity contribution in [1.82, 2.24) is 0 Å². The Labute approximate surface area is 202 Å². The van der Waals surface area contributed by atoms with E-state index in [9.17, 15) is 10.0 Å². The summed E-state index contributed by atoms with van der Waals surface area (Å²) in [5, 5.41) is 14.0. The van der Waals surface area contributed by atoms with E-state index in [2.05, 4.69) is 39.8 Å². The lowest BCUT2D eigenvalue weighted by molar-refractivity contribution is -0.153. The van der Waals surface area contributed by atoms with Crippen LogP contribution in [0.4, 0.5) is 0 Å². The van der Waals surface area contributed by atoms with Crippen molar-refractivity contribution < 1.29 is 14.7 Å². The zero-order chi connectivity index (χ0) is 24.0. The molecule has 4 aliphatic rings. The molecule has 0 bridgehead atoms. The second-order valence-electron chi connectivity index (χ2n) is 13.3. The molecule has 0 aromatic heterocycles. The van der Waals surface area contributed by atoms with E-state index in [0.717, 1.165) is 55.1 Å². The largest absolute Gasteiger partial charge is 0.463 e. The molecule has 4 rings (SSSR count). The summed E-state index contributed by atoms with van der Waals surface area (Å²) < 4.78 is 5.61. The van der Waals surface area contributed by atoms with Gasteiger partial charge in [0.2, 0.25) is 0 Å². The number of esters is 1. The number of carbonyl (C=O) groups is 1. The van der Waals surface area contributed by atoms with E-state index in [4.69, 9.17) is 4.74 Å². The van der Waals surface area contributed by atoms with Gasteiger partial charge in [0.05, 0.1) is 5.71 Å². The van der Waals surface area contributed by atoms with Gasteiger partial charge >= 0.3 is 5.97 Å². The summed E-state index contributed by atoms with van der Waals surface area (Å²) in [4.78, 5) is 11.6. The molecule has 4 heteroatoms. The van der Waals surface area contributed by atoms with E-state index in [-0.39, 0.29) is 23.4 Å². The number of hydrogen-bond donors (Lipinski definition) is 1. The predicted octanol–water partition coefficient (Wildman–Crippen LogP) is 7.48. The Bertz CT molecular complexity index is 747. The first kappa shape index (κ1) is 25.0. The summed E-state index contributed by atoms with van der Waals surface area (Å²) in [7, 11) is 0. The van der Waals surface area contributed by atoms with Crippen molar-refractivity contribution in [3.8, 4) is 0 Å². The topological polar surface area (TPSA) is 58.9 Å². The van der Waals surface area contributed by atoms with E-state index in [1.165, 1.54) is 51.9 Å². The summed E-state index contributed by atoms with van der Waals surface area (Å²) in [5.74, 6) is 4.64. The van der Waals surface area contributed by atoms with Crippen LogP contribution >= 0.6 is 0 Å². The number of oxime groups is 1. The Hall–Kier alpha value is -1.06. The number of carbonyl (C=O) groups excluding carboxylic acids is 1. The first-order valence-corrected chi connectivity index (χ1v) is 14.0. The average molecular weight is 460 g/mol. The van der Waals surface area contributed by atoms with Gasteiger partial charge in [0, 0.05) is 12.8 Å². The molecular formula is C29H49NO3. The maximum absolute atomic E-state index is 11.6. The van der Waals surface area contributed by atoms with Gasteiger partial charge in [-0.3, -0.25) is 4.79 Å². The fraction of sp³-hybridized carbons (Fsp3) is 0.931. The maximum atomic E-state index is 11.6. The van der Waals surface area contributed by atoms with Crippen molar-refractivity contribution in [2.45, 2.75) is 118 Å². The molecular weight excluding hydrogens is 410 g/mol. The molecule has 0 amide bonds. The minimum Gasteiger partial charge on any atom is -0.463 e. The highest BCUT2D eigenvalue weighted by Crippen LogP contribution is 2.68. The predicted molar refractivity (Wildman–Crippen MR) is 133 cm³/mol. The second-order valence-corrected chi connectivity index (χ2v) is 13.3. The van der Waals surface area contributed by atoms with Gasteiger partial charge in [-0.25, -0.2) is 0 Å². The van der Waals surface area contributed by atoms with E-state index in [1.54, 1.807) is 0 Å². The zero-order valence-electron chi connectivity index (χ0n) is 22.1. The van der Waals surface area contributed by atoms with E-state index in [0.29, 0.717) is 17.3 Å². The number of ether oxygens (including phenoxy) is 1. The number of rotatable bonds is 6. The first-order chi connectivity index (χ1) is 15.6. The third kappa shape index (κ3) is 4.49. The van der Waals surface area contributed by atoms with Gasteiger partial charge in [0.1, 0.15) is 6.10 Å². The Balaban J connectivity index is 1.51. The summed E-state index contributed by atoms with van der Waals surface area (Å²) in [6.45, 7) is 13.8. The van der Waals surface area contributed by atoms with Crippen LogP contribution < -0.4 is 0 Å². The van der Waals surface area contributed by atoms with E-state index < -0.39 is 0 Å². The SMILES string of the molecule is CC(=O)O[C@H]1CC[C@@]2(C)[C@H](C1)/C(=N/O)C[C@@H]1[C@@H]2CC[C@]2(C)[C@@H]([C@H](C)CCCC(C)C)CC[C@@H]12. The van der Waals surface area contributed by atoms with Crippen LogP contribution in [0.15, 0.2) is 5.16 Å². The highest BCUT2D eigenvalue weighted by atomic mass is 16.5. The monoisotopic (exact) mass is 459 g/mol. The molecule has 0 heterocycles. The van der Waals surface area contributed by atoms with E-state index in [1.807, 2.05) is 0 Å². The lowest BCUT2D eigenvalue weighted by Gasteiger charge is -2.61. The third-order valence-corrected chi connectivity index (χ3v) is 11.1. The minimum absolute atomic E-state index is 0.0229. The highest BCUT2D eigenvalue weighted by Gasteiger charge is 2.62. The van der Waals surface area contributed by atoms with Gasteiger partial charge in [-0.1, -0.05) is 59.0 Å². The summed E-state index contributed by atoms with van der Waals surface area (Å²) in [6, 6.07) is 0. The lowest BCUT2D eigenvalue weighted by Crippen LogP contribution is -2.57. The van der Waals surface area contributed by atoms with Crippen LogP contribution in [-0.2, 0) is 9.53 Å². The highest BCUT2D eigenvalue weighted by molar-refractivity contribution is 5.88. The van der Waals surface area contributed by atoms with Crippen molar-refractivity contribution in [2.24, 2.45) is 57.4 Å². The first-order valence-electron chi connectivity index (χ1n) is 14.0. The van der Waals surface area contributed by atoms with Crippen molar-refractivity contribution in [3.05, 3.63) is 0 Å². The molecule has 4 aliphatic carbocycles. The molecule has 4 nitrogen and oxygen atoms in total. The normalized spacial score (nSPS) is 44.8. The molecule has 33 heavy (non-hydrogen) atoms. The van der Waals surface area contributed by atoms with Crippen LogP contribution in [0.2, 0.25) is 0 Å². The molecule has 0 saturated heterocycles. The molecule has 0 spiro atoms. The number of fused-ring (bicyclic) bond motifs is 5. The Morgan fingerprint density at radius 2 is 1.76 bits per heavy atom. The lowest BCUT2D eigenvalue weighted by atomic mass is 9.44. The molecule has 188 valence electrons. The smallest absolute Gasteiger partial charge is 0.302 e. The standard InChI is InChI=1S/C29H49NO3/c1-18(2)8-7-9-19(3)23-10-11-24-22-17-27(30-32)26-16-21(33-20(4)31)12-14-29(26,6)25(22)13-15-28(23,24)5/h18-19,21-26,32H,7-17H2,1-6H3/b30-27+/t19-,21+,22+,23-,24+,25+,26-,28-,29-/m1/s1. The number of hydrogen-bond acceptors (Lipinski definition) is 4. The van der Waals surface area contributed by atoms with Crippen LogP contribution in [0.1, 0.15) is 112 Å². The van der Waals surface area contributed by atoms with Crippen molar-refractivity contribution >= 4 is 11.7 Å². The summed E-state index contributed by atoms with van der Waals surface area (Å²) >= 11 is 0. The van der Waals surface area contributed by atoms with Crippen LogP contribution in [0.25, 0.3) is 0 Å². The molecule has 0 aliphatic heterocycles. The average Bonchev–Trinajstić information content (AvgIpc) is 3.10.